The highest BCUT2D eigenvalue weighted by Gasteiger charge is 2.07. The van der Waals surface area contributed by atoms with Crippen LogP contribution < -0.4 is 0 Å². The Labute approximate surface area is 92.2 Å². The van der Waals surface area contributed by atoms with E-state index in [1.54, 1.807) is 18.2 Å². The maximum Gasteiger partial charge on any atom is 0.0716 e. The molecule has 1 nitrogen and oxygen atoms in total. The molecule has 0 amide bonds. The van der Waals surface area contributed by atoms with Crippen LogP contribution in [0.5, 0.6) is 0 Å². The third-order valence-electron chi connectivity index (χ3n) is 1.65. The molecule has 13 heavy (non-hydrogen) atoms. The summed E-state index contributed by atoms with van der Waals surface area (Å²) in [6, 6.07) is 5.18. The van der Waals surface area contributed by atoms with Gasteiger partial charge in [0.05, 0.1) is 6.10 Å². The van der Waals surface area contributed by atoms with Crippen molar-refractivity contribution >= 4 is 34.8 Å². The Morgan fingerprint density at radius 3 is 2.54 bits per heavy atom. The van der Waals surface area contributed by atoms with E-state index in [0.717, 1.165) is 5.56 Å². The molecule has 0 aromatic heterocycles. The Morgan fingerprint density at radius 1 is 1.31 bits per heavy atom. The van der Waals surface area contributed by atoms with Crippen molar-refractivity contribution in [1.29, 1.82) is 0 Å². The highest BCUT2D eigenvalue weighted by atomic mass is 35.5. The molecule has 0 radical (unpaired) electrons. The van der Waals surface area contributed by atoms with Gasteiger partial charge in [0.25, 0.3) is 0 Å². The Bertz CT molecular complexity index is 288. The van der Waals surface area contributed by atoms with Gasteiger partial charge in [0.2, 0.25) is 0 Å². The molecule has 0 aliphatic rings. The minimum atomic E-state index is -0.555. The molecule has 1 rings (SSSR count). The smallest absolute Gasteiger partial charge is 0.0716 e. The molecule has 0 heterocycles. The Kier molecular flexibility index (Phi) is 4.33. The predicted octanol–water partition coefficient (Wildman–Crippen LogP) is 3.14. The van der Waals surface area contributed by atoms with Crippen LogP contribution >= 0.6 is 34.8 Å². The molecular weight excluding hydrogens is 230 g/mol. The Hall–Kier alpha value is 0.0500. The first-order chi connectivity index (χ1) is 6.13. The lowest BCUT2D eigenvalue weighted by atomic mass is 10.1. The predicted molar refractivity (Wildman–Crippen MR) is 56.9 cm³/mol. The van der Waals surface area contributed by atoms with E-state index in [1.165, 1.54) is 0 Å². The van der Waals surface area contributed by atoms with Crippen LogP contribution in [-0.2, 0) is 6.42 Å². The van der Waals surface area contributed by atoms with E-state index in [-0.39, 0.29) is 5.88 Å². The summed E-state index contributed by atoms with van der Waals surface area (Å²) in [5, 5.41) is 10.4. The zero-order valence-electron chi connectivity index (χ0n) is 6.80. The number of aliphatic hydroxyl groups excluding tert-OH is 1. The van der Waals surface area contributed by atoms with Crippen molar-refractivity contribution in [3.63, 3.8) is 0 Å². The van der Waals surface area contributed by atoms with Crippen LogP contribution in [0.3, 0.4) is 0 Å². The average Bonchev–Trinajstić information content (AvgIpc) is 2.09. The summed E-state index contributed by atoms with van der Waals surface area (Å²) in [6.45, 7) is 0. The quantitative estimate of drug-likeness (QED) is 0.804. The number of aliphatic hydroxyl groups is 1. The van der Waals surface area contributed by atoms with Gasteiger partial charge in [-0.3, -0.25) is 0 Å². The van der Waals surface area contributed by atoms with Gasteiger partial charge < -0.3 is 5.11 Å². The summed E-state index contributed by atoms with van der Waals surface area (Å²) in [5.74, 6) is 0.207. The summed E-state index contributed by atoms with van der Waals surface area (Å²) in [4.78, 5) is 0. The van der Waals surface area contributed by atoms with Crippen molar-refractivity contribution in [2.75, 3.05) is 5.88 Å². The fraction of sp³-hybridized carbons (Fsp3) is 0.333. The molecule has 1 unspecified atom stereocenters. The normalized spacial score (nSPS) is 12.9. The first-order valence-electron chi connectivity index (χ1n) is 3.81. The maximum absolute atomic E-state index is 9.28. The second-order valence-electron chi connectivity index (χ2n) is 2.75. The van der Waals surface area contributed by atoms with E-state index in [1.807, 2.05) is 0 Å². The van der Waals surface area contributed by atoms with Crippen LogP contribution in [0.4, 0.5) is 0 Å². The van der Waals surface area contributed by atoms with Crippen LogP contribution in [0.25, 0.3) is 0 Å². The largest absolute Gasteiger partial charge is 0.392 e. The number of alkyl halides is 1. The molecule has 0 aliphatic carbocycles. The molecule has 4 heteroatoms. The molecule has 1 aromatic carbocycles. The third-order valence-corrected chi connectivity index (χ3v) is 2.59. The molecule has 0 spiro atoms. The van der Waals surface area contributed by atoms with Gasteiger partial charge in [-0.05, 0) is 17.7 Å². The number of halogens is 3. The van der Waals surface area contributed by atoms with Crippen LogP contribution in [-0.4, -0.2) is 17.1 Å². The van der Waals surface area contributed by atoms with Crippen LogP contribution in [0.2, 0.25) is 10.0 Å². The lowest BCUT2D eigenvalue weighted by Gasteiger charge is -2.08. The first kappa shape index (κ1) is 11.1. The van der Waals surface area contributed by atoms with Crippen LogP contribution in [0.15, 0.2) is 18.2 Å². The highest BCUT2D eigenvalue weighted by Crippen LogP contribution is 2.22. The van der Waals surface area contributed by atoms with E-state index in [9.17, 15) is 5.11 Å². The second-order valence-corrected chi connectivity index (χ2v) is 3.90. The monoisotopic (exact) mass is 238 g/mol. The second kappa shape index (κ2) is 5.06. The van der Waals surface area contributed by atoms with E-state index in [0.29, 0.717) is 16.5 Å². The van der Waals surface area contributed by atoms with Crippen molar-refractivity contribution < 1.29 is 5.11 Å². The molecule has 1 aromatic rings. The highest BCUT2D eigenvalue weighted by molar-refractivity contribution is 6.35. The van der Waals surface area contributed by atoms with Gasteiger partial charge in [-0.15, -0.1) is 11.6 Å². The Morgan fingerprint density at radius 2 is 2.00 bits per heavy atom. The lowest BCUT2D eigenvalue weighted by molar-refractivity contribution is 0.199. The van der Waals surface area contributed by atoms with E-state index >= 15 is 0 Å². The van der Waals surface area contributed by atoms with Gasteiger partial charge in [0, 0.05) is 22.3 Å². The van der Waals surface area contributed by atoms with Crippen molar-refractivity contribution in [2.45, 2.75) is 12.5 Å². The standard InChI is InChI=1S/C9H9Cl3O/c10-5-8(13)3-6-1-2-7(11)4-9(6)12/h1-2,4,8,13H,3,5H2. The summed E-state index contributed by atoms with van der Waals surface area (Å²) >= 11 is 17.1. The van der Waals surface area contributed by atoms with Gasteiger partial charge in [-0.1, -0.05) is 29.3 Å². The van der Waals surface area contributed by atoms with Gasteiger partial charge >= 0.3 is 0 Å². The fourth-order valence-corrected chi connectivity index (χ4v) is 1.59. The van der Waals surface area contributed by atoms with E-state index < -0.39 is 6.10 Å². The van der Waals surface area contributed by atoms with Crippen molar-refractivity contribution in [3.8, 4) is 0 Å². The summed E-state index contributed by atoms with van der Waals surface area (Å²) < 4.78 is 0. The van der Waals surface area contributed by atoms with Crippen LogP contribution in [0, 0.1) is 0 Å². The molecule has 72 valence electrons. The zero-order chi connectivity index (χ0) is 9.84. The van der Waals surface area contributed by atoms with Gasteiger partial charge in [0.15, 0.2) is 0 Å². The molecule has 0 bridgehead atoms. The average molecular weight is 240 g/mol. The molecule has 0 fully saturated rings. The summed E-state index contributed by atoms with van der Waals surface area (Å²) in [7, 11) is 0. The van der Waals surface area contributed by atoms with Crippen molar-refractivity contribution in [1.82, 2.24) is 0 Å². The van der Waals surface area contributed by atoms with E-state index in [4.69, 9.17) is 34.8 Å². The fourth-order valence-electron chi connectivity index (χ4n) is 0.996. The maximum atomic E-state index is 9.28. The minimum absolute atomic E-state index is 0.207. The number of benzene rings is 1. The molecule has 0 aliphatic heterocycles. The first-order valence-corrected chi connectivity index (χ1v) is 5.10. The molecule has 0 saturated carbocycles. The van der Waals surface area contributed by atoms with Crippen molar-refractivity contribution in [3.05, 3.63) is 33.8 Å². The minimum Gasteiger partial charge on any atom is -0.392 e. The number of hydrogen-bond donors (Lipinski definition) is 1. The lowest BCUT2D eigenvalue weighted by Crippen LogP contribution is -2.12. The Balaban J connectivity index is 2.77. The molecule has 0 saturated heterocycles. The molecular formula is C9H9Cl3O. The summed E-state index contributed by atoms with van der Waals surface area (Å²) in [5.41, 5.74) is 0.860. The van der Waals surface area contributed by atoms with Gasteiger partial charge in [0.1, 0.15) is 0 Å². The number of hydrogen-bond acceptors (Lipinski definition) is 1. The molecule has 1 N–H and O–H groups in total. The number of rotatable bonds is 3. The molecule has 1 atom stereocenters. The topological polar surface area (TPSA) is 20.2 Å². The van der Waals surface area contributed by atoms with Crippen molar-refractivity contribution in [2.24, 2.45) is 0 Å². The summed E-state index contributed by atoms with van der Waals surface area (Å²) in [6.07, 6.45) is -0.0974. The van der Waals surface area contributed by atoms with E-state index in [2.05, 4.69) is 0 Å². The van der Waals surface area contributed by atoms with Gasteiger partial charge in [-0.25, -0.2) is 0 Å². The zero-order valence-corrected chi connectivity index (χ0v) is 9.07. The third kappa shape index (κ3) is 3.35. The van der Waals surface area contributed by atoms with Crippen LogP contribution in [0.1, 0.15) is 5.56 Å². The van der Waals surface area contributed by atoms with Gasteiger partial charge in [-0.2, -0.15) is 0 Å². The SMILES string of the molecule is OC(CCl)Cc1ccc(Cl)cc1Cl.